The number of hydrogen-bond donors (Lipinski definition) is 0. The largest absolute Gasteiger partial charge is 0.390 e. The van der Waals surface area contributed by atoms with Gasteiger partial charge in [-0.2, -0.15) is 0 Å². The van der Waals surface area contributed by atoms with Crippen molar-refractivity contribution in [2.75, 3.05) is 0 Å². The van der Waals surface area contributed by atoms with Crippen LogP contribution < -0.4 is 0 Å². The minimum atomic E-state index is -2.46. The first-order valence-electron chi connectivity index (χ1n) is 8.68. The Labute approximate surface area is 142 Å². The maximum absolute atomic E-state index is 11.2. The zero-order valence-corrected chi connectivity index (χ0v) is 16.4. The molecule has 0 aromatic heterocycles. The molecule has 0 fully saturated rings. The monoisotopic (exact) mass is 336 g/mol. The maximum atomic E-state index is 11.2. The van der Waals surface area contributed by atoms with Gasteiger partial charge in [-0.05, 0) is 23.1 Å². The molecular formula is C19H32O3Si. The highest BCUT2D eigenvalue weighted by Crippen LogP contribution is 2.37. The molecule has 3 nitrogen and oxygen atoms in total. The van der Waals surface area contributed by atoms with Gasteiger partial charge in [-0.15, -0.1) is 0 Å². The molecule has 2 atom stereocenters. The van der Waals surface area contributed by atoms with Gasteiger partial charge in [0.15, 0.2) is 0 Å². The Balaban J connectivity index is 2.99. The van der Waals surface area contributed by atoms with Gasteiger partial charge in [0.25, 0.3) is 0 Å². The van der Waals surface area contributed by atoms with Crippen LogP contribution in [0.1, 0.15) is 53.5 Å². The standard InChI is InChI=1S/C19H32O3Si/c1-7-19(17(6)13-20)22-23(15(2)3,16(4)5)21-14-18-11-9-8-10-12-18/h8-13,15-17,19H,7,14H2,1-6H3/t17-,19?/m1/s1. The van der Waals surface area contributed by atoms with E-state index < -0.39 is 8.56 Å². The van der Waals surface area contributed by atoms with Gasteiger partial charge in [-0.1, -0.05) is 71.9 Å². The Kier molecular flexibility index (Phi) is 8.16. The lowest BCUT2D eigenvalue weighted by Crippen LogP contribution is -2.51. The fraction of sp³-hybridized carbons (Fsp3) is 0.632. The molecule has 1 unspecified atom stereocenters. The number of hydrogen-bond acceptors (Lipinski definition) is 3. The highest BCUT2D eigenvalue weighted by molar-refractivity contribution is 6.70. The second-order valence-electron chi connectivity index (χ2n) is 6.86. The molecule has 1 rings (SSSR count). The summed E-state index contributed by atoms with van der Waals surface area (Å²) in [5.41, 5.74) is 1.80. The van der Waals surface area contributed by atoms with Crippen LogP contribution in [0.2, 0.25) is 11.1 Å². The second kappa shape index (κ2) is 9.35. The van der Waals surface area contributed by atoms with Crippen molar-refractivity contribution >= 4 is 14.8 Å². The smallest absolute Gasteiger partial charge is 0.344 e. The van der Waals surface area contributed by atoms with E-state index in [-0.39, 0.29) is 12.0 Å². The molecule has 130 valence electrons. The van der Waals surface area contributed by atoms with Gasteiger partial charge in [0.1, 0.15) is 6.29 Å². The van der Waals surface area contributed by atoms with E-state index in [2.05, 4.69) is 46.8 Å². The van der Waals surface area contributed by atoms with Crippen LogP contribution >= 0.6 is 0 Å². The van der Waals surface area contributed by atoms with Crippen molar-refractivity contribution in [2.45, 2.75) is 71.8 Å². The normalized spacial score (nSPS) is 15.0. The molecule has 1 aromatic rings. The zero-order valence-electron chi connectivity index (χ0n) is 15.4. The molecule has 0 bridgehead atoms. The SMILES string of the molecule is CCC(O[Si](OCc1ccccc1)(C(C)C)C(C)C)[C@H](C)C=O. The van der Waals surface area contributed by atoms with E-state index in [0.717, 1.165) is 18.3 Å². The Morgan fingerprint density at radius 2 is 1.61 bits per heavy atom. The van der Waals surface area contributed by atoms with E-state index in [0.29, 0.717) is 17.7 Å². The van der Waals surface area contributed by atoms with Crippen LogP contribution in [0.25, 0.3) is 0 Å². The summed E-state index contributed by atoms with van der Waals surface area (Å²) < 4.78 is 13.0. The fourth-order valence-corrected chi connectivity index (χ4v) is 6.82. The van der Waals surface area contributed by atoms with Crippen molar-refractivity contribution in [3.05, 3.63) is 35.9 Å². The predicted molar refractivity (Wildman–Crippen MR) is 97.6 cm³/mol. The van der Waals surface area contributed by atoms with Gasteiger partial charge in [0.05, 0.1) is 12.7 Å². The lowest BCUT2D eigenvalue weighted by molar-refractivity contribution is -0.113. The molecule has 0 radical (unpaired) electrons. The summed E-state index contributed by atoms with van der Waals surface area (Å²) in [6, 6.07) is 10.2. The molecule has 0 heterocycles. The molecule has 0 aliphatic rings. The minimum Gasteiger partial charge on any atom is -0.390 e. The third kappa shape index (κ3) is 5.26. The Morgan fingerprint density at radius 1 is 1.04 bits per heavy atom. The average molecular weight is 337 g/mol. The van der Waals surface area contributed by atoms with Gasteiger partial charge in [-0.25, -0.2) is 0 Å². The predicted octanol–water partition coefficient (Wildman–Crippen LogP) is 5.10. The molecule has 0 amide bonds. The number of aldehydes is 1. The summed E-state index contributed by atoms with van der Waals surface area (Å²) in [6.45, 7) is 13.3. The van der Waals surface area contributed by atoms with Crippen molar-refractivity contribution < 1.29 is 13.6 Å². The highest BCUT2D eigenvalue weighted by atomic mass is 28.4. The zero-order chi connectivity index (χ0) is 17.5. The van der Waals surface area contributed by atoms with Crippen molar-refractivity contribution in [2.24, 2.45) is 5.92 Å². The third-order valence-corrected chi connectivity index (χ3v) is 8.94. The van der Waals surface area contributed by atoms with E-state index in [1.165, 1.54) is 0 Å². The topological polar surface area (TPSA) is 35.5 Å². The van der Waals surface area contributed by atoms with Gasteiger partial charge in [-0.3, -0.25) is 0 Å². The summed E-state index contributed by atoms with van der Waals surface area (Å²) in [6.07, 6.45) is 1.74. The number of carbonyl (C=O) groups excluding carboxylic acids is 1. The van der Waals surface area contributed by atoms with E-state index in [1.54, 1.807) is 0 Å². The van der Waals surface area contributed by atoms with Crippen molar-refractivity contribution in [3.8, 4) is 0 Å². The second-order valence-corrected chi connectivity index (χ2v) is 11.1. The Hall–Kier alpha value is -0.973. The summed E-state index contributed by atoms with van der Waals surface area (Å²) in [7, 11) is -2.46. The Bertz CT molecular complexity index is 451. The molecule has 0 spiro atoms. The van der Waals surface area contributed by atoms with Gasteiger partial charge < -0.3 is 13.6 Å². The average Bonchev–Trinajstić information content (AvgIpc) is 2.55. The molecule has 0 saturated carbocycles. The van der Waals surface area contributed by atoms with Crippen LogP contribution in [0.4, 0.5) is 0 Å². The molecule has 23 heavy (non-hydrogen) atoms. The van der Waals surface area contributed by atoms with Gasteiger partial charge in [0, 0.05) is 5.92 Å². The molecule has 1 aromatic carbocycles. The van der Waals surface area contributed by atoms with Crippen LogP contribution in [0.15, 0.2) is 30.3 Å². The summed E-state index contributed by atoms with van der Waals surface area (Å²) >= 11 is 0. The lowest BCUT2D eigenvalue weighted by atomic mass is 10.1. The molecule has 0 aliphatic heterocycles. The van der Waals surface area contributed by atoms with E-state index in [9.17, 15) is 4.79 Å². The minimum absolute atomic E-state index is 0.0697. The number of benzene rings is 1. The first-order valence-corrected chi connectivity index (χ1v) is 10.6. The maximum Gasteiger partial charge on any atom is 0.344 e. The van der Waals surface area contributed by atoms with Crippen LogP contribution in [0.3, 0.4) is 0 Å². The molecule has 4 heteroatoms. The number of carbonyl (C=O) groups is 1. The van der Waals surface area contributed by atoms with Crippen LogP contribution in [0.5, 0.6) is 0 Å². The van der Waals surface area contributed by atoms with Crippen molar-refractivity contribution in [1.82, 2.24) is 0 Å². The van der Waals surface area contributed by atoms with E-state index in [1.807, 2.05) is 25.1 Å². The highest BCUT2D eigenvalue weighted by Gasteiger charge is 2.47. The lowest BCUT2D eigenvalue weighted by Gasteiger charge is -2.41. The molecule has 0 saturated heterocycles. The summed E-state index contributed by atoms with van der Waals surface area (Å²) in [5, 5.41) is 0. The van der Waals surface area contributed by atoms with Crippen LogP contribution in [0, 0.1) is 5.92 Å². The van der Waals surface area contributed by atoms with Crippen LogP contribution in [-0.2, 0) is 20.3 Å². The molecule has 0 aliphatic carbocycles. The third-order valence-electron chi connectivity index (χ3n) is 4.46. The first kappa shape index (κ1) is 20.1. The van der Waals surface area contributed by atoms with E-state index in [4.69, 9.17) is 8.85 Å². The summed E-state index contributed by atoms with van der Waals surface area (Å²) in [4.78, 5) is 11.2. The Morgan fingerprint density at radius 3 is 2.04 bits per heavy atom. The number of rotatable bonds is 10. The van der Waals surface area contributed by atoms with Crippen molar-refractivity contribution in [1.29, 1.82) is 0 Å². The summed E-state index contributed by atoms with van der Waals surface area (Å²) in [5.74, 6) is -0.107. The molecule has 0 N–H and O–H groups in total. The van der Waals surface area contributed by atoms with Gasteiger partial charge in [0.2, 0.25) is 0 Å². The van der Waals surface area contributed by atoms with Gasteiger partial charge >= 0.3 is 8.56 Å². The fourth-order valence-electron chi connectivity index (χ4n) is 2.96. The first-order chi connectivity index (χ1) is 10.9. The molecular weight excluding hydrogens is 304 g/mol. The van der Waals surface area contributed by atoms with Crippen LogP contribution in [-0.4, -0.2) is 21.0 Å². The van der Waals surface area contributed by atoms with Crippen molar-refractivity contribution in [3.63, 3.8) is 0 Å². The van der Waals surface area contributed by atoms with E-state index >= 15 is 0 Å². The quantitative estimate of drug-likeness (QED) is 0.441.